The molecular weight excluding hydrogens is 422 g/mol. The summed E-state index contributed by atoms with van der Waals surface area (Å²) >= 11 is 6.40. The number of aromatic nitrogens is 3. The normalized spacial score (nSPS) is 17.6. The van der Waals surface area contributed by atoms with Crippen molar-refractivity contribution in [2.45, 2.75) is 25.2 Å². The molecule has 0 amide bonds. The van der Waals surface area contributed by atoms with Gasteiger partial charge in [0.15, 0.2) is 23.1 Å². The number of hydrogen-bond acceptors (Lipinski definition) is 7. The fourth-order valence-corrected chi connectivity index (χ4v) is 4.12. The van der Waals surface area contributed by atoms with Crippen molar-refractivity contribution >= 4 is 11.6 Å². The van der Waals surface area contributed by atoms with E-state index in [2.05, 4.69) is 10.2 Å². The summed E-state index contributed by atoms with van der Waals surface area (Å²) < 4.78 is 25.0. The van der Waals surface area contributed by atoms with Crippen LogP contribution in [0.2, 0.25) is 5.02 Å². The first-order chi connectivity index (χ1) is 15.1. The zero-order valence-electron chi connectivity index (χ0n) is 17.5. The number of ether oxygens (including phenoxy) is 4. The van der Waals surface area contributed by atoms with Crippen LogP contribution in [0.15, 0.2) is 36.4 Å². The summed E-state index contributed by atoms with van der Waals surface area (Å²) in [5, 5.41) is 18.9. The molecule has 0 saturated heterocycles. The van der Waals surface area contributed by atoms with E-state index in [0.717, 1.165) is 16.8 Å². The first kappa shape index (κ1) is 21.6. The molecule has 31 heavy (non-hydrogen) atoms. The number of aliphatic hydroxyl groups excluding tert-OH is 1. The molecule has 2 atom stereocenters. The standard InChI is InChI=1S/C22H24ClN3O5/c1-28-12-19-24-25-22-18(9-10-27)31-20(14-5-4-6-17(29-2)21(14)30-3)15-11-13(23)7-8-16(15)26(19)22/h4-8,11,18,20,27H,9-10,12H2,1-3H3/t18-,20-/m0/s1. The molecule has 1 aliphatic rings. The lowest BCUT2D eigenvalue weighted by Gasteiger charge is -2.24. The molecule has 3 aromatic rings. The fourth-order valence-electron chi connectivity index (χ4n) is 3.94. The van der Waals surface area contributed by atoms with Crippen LogP contribution >= 0.6 is 11.6 Å². The SMILES string of the molecule is COCc1nnc2n1-c1ccc(Cl)cc1[C@H](c1cccc(OC)c1OC)O[C@H]2CCO. The van der Waals surface area contributed by atoms with Gasteiger partial charge in [0.05, 0.1) is 19.9 Å². The highest BCUT2D eigenvalue weighted by Crippen LogP contribution is 2.46. The molecule has 8 nitrogen and oxygen atoms in total. The maximum atomic E-state index is 9.72. The van der Waals surface area contributed by atoms with E-state index in [0.29, 0.717) is 34.6 Å². The molecule has 1 aliphatic heterocycles. The van der Waals surface area contributed by atoms with Crippen LogP contribution < -0.4 is 9.47 Å². The van der Waals surface area contributed by atoms with Crippen LogP contribution in [0.4, 0.5) is 0 Å². The number of fused-ring (bicyclic) bond motifs is 3. The zero-order valence-corrected chi connectivity index (χ0v) is 18.3. The lowest BCUT2D eigenvalue weighted by atomic mass is 9.98. The minimum Gasteiger partial charge on any atom is -0.493 e. The second-order valence-electron chi connectivity index (χ2n) is 7.05. The van der Waals surface area contributed by atoms with E-state index < -0.39 is 12.2 Å². The fraction of sp³-hybridized carbons (Fsp3) is 0.364. The number of benzene rings is 2. The maximum Gasteiger partial charge on any atom is 0.167 e. The molecule has 0 fully saturated rings. The number of nitrogens with zero attached hydrogens (tertiary/aromatic N) is 3. The lowest BCUT2D eigenvalue weighted by Crippen LogP contribution is -2.14. The van der Waals surface area contributed by atoms with Gasteiger partial charge in [-0.2, -0.15) is 0 Å². The summed E-state index contributed by atoms with van der Waals surface area (Å²) in [5.74, 6) is 2.38. The third-order valence-electron chi connectivity index (χ3n) is 5.24. The van der Waals surface area contributed by atoms with E-state index in [1.807, 2.05) is 41.0 Å². The molecule has 9 heteroatoms. The van der Waals surface area contributed by atoms with Gasteiger partial charge in [0.2, 0.25) is 0 Å². The Balaban J connectivity index is 1.98. The average Bonchev–Trinajstić information content (AvgIpc) is 3.14. The van der Waals surface area contributed by atoms with E-state index in [4.69, 9.17) is 30.5 Å². The highest BCUT2D eigenvalue weighted by molar-refractivity contribution is 6.30. The molecule has 164 valence electrons. The molecule has 0 aliphatic carbocycles. The summed E-state index contributed by atoms with van der Waals surface area (Å²) in [6.07, 6.45) is -0.724. The van der Waals surface area contributed by atoms with Gasteiger partial charge in [-0.25, -0.2) is 0 Å². The van der Waals surface area contributed by atoms with Crippen molar-refractivity contribution in [1.29, 1.82) is 0 Å². The summed E-state index contributed by atoms with van der Waals surface area (Å²) in [6.45, 7) is 0.199. The van der Waals surface area contributed by atoms with Crippen LogP contribution in [-0.2, 0) is 16.1 Å². The van der Waals surface area contributed by atoms with E-state index >= 15 is 0 Å². The number of aliphatic hydroxyl groups is 1. The summed E-state index contributed by atoms with van der Waals surface area (Å²) in [7, 11) is 4.79. The molecule has 0 spiro atoms. The molecule has 0 bridgehead atoms. The van der Waals surface area contributed by atoms with E-state index in [9.17, 15) is 5.11 Å². The summed E-state index contributed by atoms with van der Waals surface area (Å²) in [6, 6.07) is 11.2. The Morgan fingerprint density at radius 1 is 1.10 bits per heavy atom. The van der Waals surface area contributed by atoms with Crippen LogP contribution in [-0.4, -0.2) is 47.8 Å². The second kappa shape index (κ2) is 9.23. The largest absolute Gasteiger partial charge is 0.493 e. The Bertz CT molecular complexity index is 1070. The number of para-hydroxylation sites is 1. The van der Waals surface area contributed by atoms with Crippen LogP contribution in [0.5, 0.6) is 11.5 Å². The third kappa shape index (κ3) is 3.87. The number of rotatable bonds is 7. The minimum atomic E-state index is -0.549. The van der Waals surface area contributed by atoms with Crippen LogP contribution in [0.3, 0.4) is 0 Å². The number of hydrogen-bond donors (Lipinski definition) is 1. The monoisotopic (exact) mass is 445 g/mol. The van der Waals surface area contributed by atoms with Crippen molar-refractivity contribution in [3.63, 3.8) is 0 Å². The Kier molecular flexibility index (Phi) is 6.43. The van der Waals surface area contributed by atoms with E-state index in [-0.39, 0.29) is 13.2 Å². The number of methoxy groups -OCH3 is 3. The smallest absolute Gasteiger partial charge is 0.167 e. The molecule has 0 saturated carbocycles. The van der Waals surface area contributed by atoms with Gasteiger partial charge in [-0.3, -0.25) is 4.57 Å². The van der Waals surface area contributed by atoms with Crippen molar-refractivity contribution in [3.8, 4) is 17.2 Å². The van der Waals surface area contributed by atoms with Crippen LogP contribution in [0, 0.1) is 0 Å². The van der Waals surface area contributed by atoms with Crippen molar-refractivity contribution in [3.05, 3.63) is 64.2 Å². The molecule has 4 rings (SSSR count). The Labute approximate surface area is 185 Å². The Morgan fingerprint density at radius 2 is 1.94 bits per heavy atom. The van der Waals surface area contributed by atoms with Crippen molar-refractivity contribution in [1.82, 2.24) is 14.8 Å². The summed E-state index contributed by atoms with van der Waals surface area (Å²) in [4.78, 5) is 0. The minimum absolute atomic E-state index is 0.0732. The molecule has 0 unspecified atom stereocenters. The zero-order chi connectivity index (χ0) is 22.0. The first-order valence-electron chi connectivity index (χ1n) is 9.83. The lowest BCUT2D eigenvalue weighted by molar-refractivity contribution is -0.00989. The van der Waals surface area contributed by atoms with E-state index in [1.165, 1.54) is 0 Å². The van der Waals surface area contributed by atoms with Gasteiger partial charge < -0.3 is 24.1 Å². The van der Waals surface area contributed by atoms with Gasteiger partial charge in [0.25, 0.3) is 0 Å². The Hall–Kier alpha value is -2.65. The topological polar surface area (TPSA) is 87.9 Å². The highest BCUT2D eigenvalue weighted by Gasteiger charge is 2.35. The van der Waals surface area contributed by atoms with Crippen molar-refractivity contribution in [2.75, 3.05) is 27.9 Å². The third-order valence-corrected chi connectivity index (χ3v) is 5.47. The molecule has 2 heterocycles. The van der Waals surface area contributed by atoms with Gasteiger partial charge in [-0.15, -0.1) is 10.2 Å². The summed E-state index contributed by atoms with van der Waals surface area (Å²) in [5.41, 5.74) is 2.42. The van der Waals surface area contributed by atoms with Crippen molar-refractivity contribution in [2.24, 2.45) is 0 Å². The maximum absolute atomic E-state index is 9.72. The second-order valence-corrected chi connectivity index (χ2v) is 7.48. The number of halogens is 1. The predicted molar refractivity (Wildman–Crippen MR) is 114 cm³/mol. The van der Waals surface area contributed by atoms with Crippen LogP contribution in [0.1, 0.15) is 41.4 Å². The first-order valence-corrected chi connectivity index (χ1v) is 10.2. The molecular formula is C22H24ClN3O5. The Morgan fingerprint density at radius 3 is 2.65 bits per heavy atom. The molecule has 0 radical (unpaired) electrons. The van der Waals surface area contributed by atoms with Crippen molar-refractivity contribution < 1.29 is 24.1 Å². The van der Waals surface area contributed by atoms with Gasteiger partial charge in [0.1, 0.15) is 18.8 Å². The van der Waals surface area contributed by atoms with Gasteiger partial charge in [-0.1, -0.05) is 23.7 Å². The highest BCUT2D eigenvalue weighted by atomic mass is 35.5. The average molecular weight is 446 g/mol. The van der Waals surface area contributed by atoms with Gasteiger partial charge >= 0.3 is 0 Å². The van der Waals surface area contributed by atoms with Crippen LogP contribution in [0.25, 0.3) is 5.69 Å². The molecule has 2 aromatic carbocycles. The van der Waals surface area contributed by atoms with Gasteiger partial charge in [0, 0.05) is 36.3 Å². The molecule has 1 aromatic heterocycles. The van der Waals surface area contributed by atoms with E-state index in [1.54, 1.807) is 21.3 Å². The molecule has 1 N–H and O–H groups in total. The van der Waals surface area contributed by atoms with Gasteiger partial charge in [-0.05, 0) is 24.3 Å². The predicted octanol–water partition coefficient (Wildman–Crippen LogP) is 3.63. The quantitative estimate of drug-likeness (QED) is 0.594.